The Morgan fingerprint density at radius 2 is 1.89 bits per heavy atom. The highest BCUT2D eigenvalue weighted by Gasteiger charge is 2.23. The van der Waals surface area contributed by atoms with Crippen LogP contribution < -0.4 is 5.73 Å². The first-order valence-electron chi connectivity index (χ1n) is 7.35. The van der Waals surface area contributed by atoms with Gasteiger partial charge in [0.25, 0.3) is 0 Å². The molecule has 0 spiro atoms. The molecular formula is C15H30N2S. The highest BCUT2D eigenvalue weighted by atomic mass is 32.1. The summed E-state index contributed by atoms with van der Waals surface area (Å²) in [6.45, 7) is 12.8. The molecule has 18 heavy (non-hydrogen) atoms. The van der Waals surface area contributed by atoms with Crippen molar-refractivity contribution in [2.75, 3.05) is 19.6 Å². The van der Waals surface area contributed by atoms with Crippen molar-refractivity contribution in [3.8, 4) is 0 Å². The topological polar surface area (TPSA) is 29.3 Å². The van der Waals surface area contributed by atoms with E-state index in [2.05, 4.69) is 32.6 Å². The maximum absolute atomic E-state index is 5.76. The maximum atomic E-state index is 5.76. The number of nitrogens with two attached hydrogens (primary N) is 1. The summed E-state index contributed by atoms with van der Waals surface area (Å²) in [4.78, 5) is 3.26. The van der Waals surface area contributed by atoms with Gasteiger partial charge in [-0.1, -0.05) is 39.9 Å². The zero-order valence-corrected chi connectivity index (χ0v) is 13.4. The molecule has 0 radical (unpaired) electrons. The Hall–Kier alpha value is -0.150. The third kappa shape index (κ3) is 4.85. The molecule has 1 aliphatic heterocycles. The van der Waals surface area contributed by atoms with Crippen molar-refractivity contribution < 1.29 is 0 Å². The van der Waals surface area contributed by atoms with Gasteiger partial charge in [0, 0.05) is 5.41 Å². The molecular weight excluding hydrogens is 240 g/mol. The Balaban J connectivity index is 2.21. The smallest absolute Gasteiger partial charge is 0.0784 e. The summed E-state index contributed by atoms with van der Waals surface area (Å²) in [5.74, 6) is 1.79. The molecule has 0 amide bonds. The van der Waals surface area contributed by atoms with Gasteiger partial charge in [0.2, 0.25) is 0 Å². The SMILES string of the molecule is CC(C)C1CCN(CCCC(C)(C)C(N)=S)CC1. The molecule has 106 valence electrons. The monoisotopic (exact) mass is 270 g/mol. The fourth-order valence-corrected chi connectivity index (χ4v) is 2.81. The standard InChI is InChI=1S/C15H30N2S/c1-12(2)13-6-10-17(11-7-13)9-5-8-15(3,4)14(16)18/h12-13H,5-11H2,1-4H3,(H2,16,18). The molecule has 1 aliphatic rings. The minimum absolute atomic E-state index is 0.0194. The first-order chi connectivity index (χ1) is 8.33. The van der Waals surface area contributed by atoms with Gasteiger partial charge in [-0.2, -0.15) is 0 Å². The molecule has 1 rings (SSSR count). The van der Waals surface area contributed by atoms with Gasteiger partial charge in [0.15, 0.2) is 0 Å². The van der Waals surface area contributed by atoms with E-state index in [1.165, 1.54) is 38.9 Å². The predicted octanol–water partition coefficient (Wildman–Crippen LogP) is 3.45. The second kappa shape index (κ2) is 6.85. The Bertz CT molecular complexity index is 266. The lowest BCUT2D eigenvalue weighted by Gasteiger charge is -2.34. The van der Waals surface area contributed by atoms with Gasteiger partial charge in [-0.3, -0.25) is 0 Å². The van der Waals surface area contributed by atoms with E-state index in [1.807, 2.05) is 0 Å². The summed E-state index contributed by atoms with van der Waals surface area (Å²) in [5.41, 5.74) is 5.78. The molecule has 1 saturated heterocycles. The minimum atomic E-state index is 0.0194. The number of likely N-dealkylation sites (tertiary alicyclic amines) is 1. The van der Waals surface area contributed by atoms with Gasteiger partial charge in [0.05, 0.1) is 4.99 Å². The Morgan fingerprint density at radius 1 is 1.33 bits per heavy atom. The normalized spacial score (nSPS) is 19.4. The highest BCUT2D eigenvalue weighted by Crippen LogP contribution is 2.26. The Kier molecular flexibility index (Phi) is 6.06. The van der Waals surface area contributed by atoms with Crippen molar-refractivity contribution in [1.29, 1.82) is 0 Å². The molecule has 0 unspecified atom stereocenters. The van der Waals surface area contributed by atoms with E-state index in [4.69, 9.17) is 18.0 Å². The van der Waals surface area contributed by atoms with Crippen molar-refractivity contribution in [3.63, 3.8) is 0 Å². The van der Waals surface area contributed by atoms with Crippen LogP contribution in [-0.2, 0) is 0 Å². The third-order valence-corrected chi connectivity index (χ3v) is 5.07. The molecule has 2 nitrogen and oxygen atoms in total. The van der Waals surface area contributed by atoms with Gasteiger partial charge in [-0.05, 0) is 57.2 Å². The number of thiocarbonyl (C=S) groups is 1. The highest BCUT2D eigenvalue weighted by molar-refractivity contribution is 7.80. The van der Waals surface area contributed by atoms with Crippen LogP contribution in [0, 0.1) is 17.3 Å². The third-order valence-electron chi connectivity index (χ3n) is 4.52. The van der Waals surface area contributed by atoms with Gasteiger partial charge in [0.1, 0.15) is 0 Å². The molecule has 0 bridgehead atoms. The number of rotatable bonds is 6. The van der Waals surface area contributed by atoms with Crippen LogP contribution in [0.3, 0.4) is 0 Å². The minimum Gasteiger partial charge on any atom is -0.393 e. The molecule has 0 aromatic rings. The average molecular weight is 270 g/mol. The number of hydrogen-bond acceptors (Lipinski definition) is 2. The average Bonchev–Trinajstić information content (AvgIpc) is 2.29. The second-order valence-electron chi connectivity index (χ2n) is 6.77. The first kappa shape index (κ1) is 15.9. The van der Waals surface area contributed by atoms with Crippen molar-refractivity contribution in [3.05, 3.63) is 0 Å². The molecule has 0 aliphatic carbocycles. The van der Waals surface area contributed by atoms with E-state index in [-0.39, 0.29) is 5.41 Å². The Morgan fingerprint density at radius 3 is 2.33 bits per heavy atom. The lowest BCUT2D eigenvalue weighted by atomic mass is 9.86. The van der Waals surface area contributed by atoms with Crippen LogP contribution in [0.25, 0.3) is 0 Å². The molecule has 0 aromatic carbocycles. The van der Waals surface area contributed by atoms with Gasteiger partial charge in [-0.15, -0.1) is 0 Å². The number of hydrogen-bond donors (Lipinski definition) is 1. The lowest BCUT2D eigenvalue weighted by Crippen LogP contribution is -2.37. The summed E-state index contributed by atoms with van der Waals surface area (Å²) < 4.78 is 0. The quantitative estimate of drug-likeness (QED) is 0.750. The van der Waals surface area contributed by atoms with Crippen LogP contribution in [0.2, 0.25) is 0 Å². The molecule has 1 heterocycles. The molecule has 0 atom stereocenters. The first-order valence-corrected chi connectivity index (χ1v) is 7.76. The van der Waals surface area contributed by atoms with Crippen LogP contribution in [0.5, 0.6) is 0 Å². The molecule has 0 aromatic heterocycles. The van der Waals surface area contributed by atoms with Crippen LogP contribution in [0.1, 0.15) is 53.4 Å². The summed E-state index contributed by atoms with van der Waals surface area (Å²) in [6, 6.07) is 0. The summed E-state index contributed by atoms with van der Waals surface area (Å²) in [7, 11) is 0. The van der Waals surface area contributed by atoms with Crippen molar-refractivity contribution in [2.45, 2.75) is 53.4 Å². The molecule has 0 saturated carbocycles. The molecule has 2 N–H and O–H groups in total. The zero-order valence-electron chi connectivity index (χ0n) is 12.5. The van der Waals surface area contributed by atoms with Crippen LogP contribution in [0.4, 0.5) is 0 Å². The van der Waals surface area contributed by atoms with E-state index in [9.17, 15) is 0 Å². The van der Waals surface area contributed by atoms with E-state index >= 15 is 0 Å². The fourth-order valence-electron chi connectivity index (χ4n) is 2.71. The van der Waals surface area contributed by atoms with E-state index in [1.54, 1.807) is 0 Å². The van der Waals surface area contributed by atoms with Gasteiger partial charge < -0.3 is 10.6 Å². The maximum Gasteiger partial charge on any atom is 0.0784 e. The van der Waals surface area contributed by atoms with E-state index in [0.29, 0.717) is 4.99 Å². The van der Waals surface area contributed by atoms with Gasteiger partial charge in [-0.25, -0.2) is 0 Å². The summed E-state index contributed by atoms with van der Waals surface area (Å²) in [5, 5.41) is 0. The van der Waals surface area contributed by atoms with Crippen molar-refractivity contribution >= 4 is 17.2 Å². The van der Waals surface area contributed by atoms with E-state index in [0.717, 1.165) is 18.3 Å². The summed E-state index contributed by atoms with van der Waals surface area (Å²) in [6.07, 6.45) is 5.05. The predicted molar refractivity (Wildman–Crippen MR) is 83.8 cm³/mol. The van der Waals surface area contributed by atoms with E-state index < -0.39 is 0 Å². The van der Waals surface area contributed by atoms with Crippen LogP contribution in [-0.4, -0.2) is 29.5 Å². The molecule has 1 fully saturated rings. The van der Waals surface area contributed by atoms with Gasteiger partial charge >= 0.3 is 0 Å². The summed E-state index contributed by atoms with van der Waals surface area (Å²) >= 11 is 5.11. The van der Waals surface area contributed by atoms with Crippen LogP contribution >= 0.6 is 12.2 Å². The second-order valence-corrected chi connectivity index (χ2v) is 7.21. The van der Waals surface area contributed by atoms with Crippen molar-refractivity contribution in [2.24, 2.45) is 23.0 Å². The zero-order chi connectivity index (χ0) is 13.8. The fraction of sp³-hybridized carbons (Fsp3) is 0.933. The largest absolute Gasteiger partial charge is 0.393 e. The Labute approximate surface area is 118 Å². The molecule has 3 heteroatoms. The van der Waals surface area contributed by atoms with Crippen molar-refractivity contribution in [1.82, 2.24) is 4.90 Å². The van der Waals surface area contributed by atoms with Crippen LogP contribution in [0.15, 0.2) is 0 Å². The number of piperidine rings is 1. The lowest BCUT2D eigenvalue weighted by molar-refractivity contribution is 0.153. The number of nitrogens with zero attached hydrogens (tertiary/aromatic N) is 1.